The summed E-state index contributed by atoms with van der Waals surface area (Å²) in [6.07, 6.45) is -3.59. The third kappa shape index (κ3) is 3.42. The first kappa shape index (κ1) is 19.1. The number of aromatic nitrogens is 1. The summed E-state index contributed by atoms with van der Waals surface area (Å²) in [6.45, 7) is 1.96. The summed E-state index contributed by atoms with van der Waals surface area (Å²) in [5, 5.41) is 2.34. The highest BCUT2D eigenvalue weighted by molar-refractivity contribution is 7.89. The molecule has 7 nitrogen and oxygen atoms in total. The van der Waals surface area contributed by atoms with Crippen LogP contribution in [0.25, 0.3) is 0 Å². The number of halogens is 3. The van der Waals surface area contributed by atoms with Crippen molar-refractivity contribution in [1.82, 2.24) is 14.6 Å². The van der Waals surface area contributed by atoms with Gasteiger partial charge in [0.05, 0.1) is 5.56 Å². The Labute approximate surface area is 148 Å². The second-order valence-electron chi connectivity index (χ2n) is 6.29. The summed E-state index contributed by atoms with van der Waals surface area (Å²) in [5.41, 5.74) is -1.89. The summed E-state index contributed by atoms with van der Waals surface area (Å²) in [5.74, 6) is -0.215. The van der Waals surface area contributed by atoms with Gasteiger partial charge in [-0.25, -0.2) is 13.4 Å². The number of sulfonamides is 1. The molecule has 1 unspecified atom stereocenters. The van der Waals surface area contributed by atoms with Crippen LogP contribution in [0, 0.1) is 0 Å². The largest absolute Gasteiger partial charge is 0.417 e. The fraction of sp³-hybridized carbons (Fsp3) is 0.600. The molecule has 1 aromatic rings. The Balaban J connectivity index is 1.71. The van der Waals surface area contributed by atoms with Crippen LogP contribution < -0.4 is 5.32 Å². The van der Waals surface area contributed by atoms with Gasteiger partial charge in [-0.05, 0) is 18.6 Å². The lowest BCUT2D eigenvalue weighted by Crippen LogP contribution is -2.53. The minimum absolute atomic E-state index is 0.0712. The summed E-state index contributed by atoms with van der Waals surface area (Å²) in [4.78, 5) is 15.3. The zero-order chi connectivity index (χ0) is 19.2. The van der Waals surface area contributed by atoms with Gasteiger partial charge < -0.3 is 10.1 Å². The van der Waals surface area contributed by atoms with Crippen molar-refractivity contribution in [3.63, 3.8) is 0 Å². The first-order valence-electron chi connectivity index (χ1n) is 8.11. The molecular formula is C15H18F3N3O4S. The molecule has 0 saturated carbocycles. The Kier molecular flexibility index (Phi) is 4.74. The number of amides is 1. The number of alkyl halides is 3. The van der Waals surface area contributed by atoms with Crippen LogP contribution in [0.1, 0.15) is 31.7 Å². The van der Waals surface area contributed by atoms with Gasteiger partial charge in [0, 0.05) is 32.1 Å². The number of carbonyl (C=O) groups is 1. The van der Waals surface area contributed by atoms with E-state index in [0.29, 0.717) is 18.7 Å². The SMILES string of the molecule is CCC1OC2(CCN(S(=O)(=O)c3ccc(C(F)(F)F)cn3)CC2)NC1=O. The molecule has 1 atom stereocenters. The van der Waals surface area contributed by atoms with Gasteiger partial charge in [-0.1, -0.05) is 6.92 Å². The molecule has 26 heavy (non-hydrogen) atoms. The molecule has 2 aliphatic heterocycles. The van der Waals surface area contributed by atoms with Gasteiger partial charge in [-0.15, -0.1) is 0 Å². The van der Waals surface area contributed by atoms with Gasteiger partial charge in [0.2, 0.25) is 0 Å². The summed E-state index contributed by atoms with van der Waals surface area (Å²) in [6, 6.07) is 1.54. The van der Waals surface area contributed by atoms with Gasteiger partial charge in [0.1, 0.15) is 11.8 Å². The third-order valence-electron chi connectivity index (χ3n) is 4.58. The molecule has 0 aliphatic carbocycles. The first-order valence-corrected chi connectivity index (χ1v) is 9.55. The second-order valence-corrected chi connectivity index (χ2v) is 8.17. The molecule has 1 spiro atoms. The number of carbonyl (C=O) groups excluding carboxylic acids is 1. The van der Waals surface area contributed by atoms with E-state index in [9.17, 15) is 26.4 Å². The van der Waals surface area contributed by atoms with Crippen molar-refractivity contribution in [1.29, 1.82) is 0 Å². The van der Waals surface area contributed by atoms with Crippen LogP contribution in [0.5, 0.6) is 0 Å². The van der Waals surface area contributed by atoms with E-state index in [4.69, 9.17) is 4.74 Å². The molecule has 3 rings (SSSR count). The standard InChI is InChI=1S/C15H18F3N3O4S/c1-2-11-13(22)20-14(25-11)5-7-21(8-6-14)26(23,24)12-4-3-10(9-19-12)15(16,17)18/h3-4,9,11H,2,5-8H2,1H3,(H,20,22). The maximum atomic E-state index is 12.6. The Morgan fingerprint density at radius 1 is 1.35 bits per heavy atom. The fourth-order valence-corrected chi connectivity index (χ4v) is 4.45. The van der Waals surface area contributed by atoms with Gasteiger partial charge in [-0.2, -0.15) is 17.5 Å². The van der Waals surface area contributed by atoms with Crippen molar-refractivity contribution < 1.29 is 31.1 Å². The summed E-state index contributed by atoms with van der Waals surface area (Å²) >= 11 is 0. The van der Waals surface area contributed by atoms with Crippen molar-refractivity contribution in [3.8, 4) is 0 Å². The number of nitrogens with zero attached hydrogens (tertiary/aromatic N) is 2. The highest BCUT2D eigenvalue weighted by atomic mass is 32.2. The van der Waals surface area contributed by atoms with Crippen LogP contribution in [-0.4, -0.2) is 48.5 Å². The number of rotatable bonds is 3. The predicted octanol–water partition coefficient (Wildman–Crippen LogP) is 1.51. The Hall–Kier alpha value is -1.72. The lowest BCUT2D eigenvalue weighted by Gasteiger charge is -2.37. The van der Waals surface area contributed by atoms with Crippen LogP contribution >= 0.6 is 0 Å². The van der Waals surface area contributed by atoms with Crippen LogP contribution in [0.4, 0.5) is 13.2 Å². The minimum atomic E-state index is -4.58. The Bertz CT molecular complexity index is 787. The number of ether oxygens (including phenoxy) is 1. The quantitative estimate of drug-likeness (QED) is 0.841. The van der Waals surface area contributed by atoms with E-state index in [1.165, 1.54) is 0 Å². The third-order valence-corrected chi connectivity index (χ3v) is 6.40. The van der Waals surface area contributed by atoms with E-state index in [0.717, 1.165) is 10.4 Å². The molecule has 11 heteroatoms. The predicted molar refractivity (Wildman–Crippen MR) is 83.3 cm³/mol. The average Bonchev–Trinajstić information content (AvgIpc) is 2.90. The van der Waals surface area contributed by atoms with E-state index >= 15 is 0 Å². The number of hydrogen-bond donors (Lipinski definition) is 1. The smallest absolute Gasteiger partial charge is 0.343 e. The molecule has 0 radical (unpaired) electrons. The van der Waals surface area contributed by atoms with Crippen molar-refractivity contribution in [2.75, 3.05) is 13.1 Å². The van der Waals surface area contributed by atoms with E-state index in [2.05, 4.69) is 10.3 Å². The van der Waals surface area contributed by atoms with Crippen molar-refractivity contribution in [2.45, 2.75) is 49.2 Å². The molecule has 1 aromatic heterocycles. The molecule has 2 aliphatic rings. The zero-order valence-corrected chi connectivity index (χ0v) is 14.7. The molecule has 2 saturated heterocycles. The molecule has 0 aromatic carbocycles. The van der Waals surface area contributed by atoms with Crippen LogP contribution in [0.15, 0.2) is 23.4 Å². The van der Waals surface area contributed by atoms with Gasteiger partial charge >= 0.3 is 6.18 Å². The molecule has 1 N–H and O–H groups in total. The van der Waals surface area contributed by atoms with Crippen molar-refractivity contribution in [2.24, 2.45) is 0 Å². The normalized spacial score (nSPS) is 24.0. The topological polar surface area (TPSA) is 88.6 Å². The monoisotopic (exact) mass is 393 g/mol. The minimum Gasteiger partial charge on any atom is -0.343 e. The number of hydrogen-bond acceptors (Lipinski definition) is 5. The van der Waals surface area contributed by atoms with Gasteiger partial charge in [0.25, 0.3) is 15.9 Å². The lowest BCUT2D eigenvalue weighted by molar-refractivity contribution is -0.137. The summed E-state index contributed by atoms with van der Waals surface area (Å²) in [7, 11) is -4.02. The maximum Gasteiger partial charge on any atom is 0.417 e. The molecule has 0 bridgehead atoms. The zero-order valence-electron chi connectivity index (χ0n) is 13.9. The number of pyridine rings is 1. The Morgan fingerprint density at radius 2 is 2.00 bits per heavy atom. The second kappa shape index (κ2) is 6.46. The molecule has 2 fully saturated rings. The molecule has 1 amide bonds. The highest BCUT2D eigenvalue weighted by Crippen LogP contribution is 2.33. The van der Waals surface area contributed by atoms with E-state index in [1.807, 2.05) is 6.92 Å². The van der Waals surface area contributed by atoms with E-state index in [1.54, 1.807) is 0 Å². The fourth-order valence-electron chi connectivity index (χ4n) is 3.09. The van der Waals surface area contributed by atoms with Gasteiger partial charge in [0.15, 0.2) is 5.03 Å². The molecular weight excluding hydrogens is 375 g/mol. The number of piperidine rings is 1. The maximum absolute atomic E-state index is 12.6. The van der Waals surface area contributed by atoms with Crippen molar-refractivity contribution >= 4 is 15.9 Å². The summed E-state index contributed by atoms with van der Waals surface area (Å²) < 4.78 is 69.8. The highest BCUT2D eigenvalue weighted by Gasteiger charge is 2.48. The van der Waals surface area contributed by atoms with E-state index in [-0.39, 0.29) is 31.8 Å². The van der Waals surface area contributed by atoms with Crippen LogP contribution in [0.3, 0.4) is 0 Å². The molecule has 3 heterocycles. The number of nitrogens with one attached hydrogen (secondary N) is 1. The van der Waals surface area contributed by atoms with Crippen molar-refractivity contribution in [3.05, 3.63) is 23.9 Å². The van der Waals surface area contributed by atoms with Crippen LogP contribution in [0.2, 0.25) is 0 Å². The average molecular weight is 393 g/mol. The van der Waals surface area contributed by atoms with E-state index < -0.39 is 38.6 Å². The lowest BCUT2D eigenvalue weighted by atomic mass is 10.0. The Morgan fingerprint density at radius 3 is 2.46 bits per heavy atom. The molecule has 144 valence electrons. The van der Waals surface area contributed by atoms with Crippen LogP contribution in [-0.2, 0) is 25.7 Å². The van der Waals surface area contributed by atoms with Gasteiger partial charge in [-0.3, -0.25) is 4.79 Å². The first-order chi connectivity index (χ1) is 12.1.